The van der Waals surface area contributed by atoms with Crippen molar-refractivity contribution in [2.75, 3.05) is 18.5 Å². The Hall–Kier alpha value is -2.35. The monoisotopic (exact) mass is 248 g/mol. The topological polar surface area (TPSA) is 94.8 Å². The number of anilines is 1. The molecule has 8 heteroatoms. The molecular weight excluding hydrogens is 236 g/mol. The Labute approximate surface area is 103 Å². The zero-order valence-corrected chi connectivity index (χ0v) is 9.78. The summed E-state index contributed by atoms with van der Waals surface area (Å²) in [5.41, 5.74) is 0. The van der Waals surface area contributed by atoms with E-state index in [0.29, 0.717) is 18.2 Å². The molecule has 0 aromatic carbocycles. The van der Waals surface area contributed by atoms with Crippen molar-refractivity contribution in [2.24, 2.45) is 0 Å². The van der Waals surface area contributed by atoms with E-state index in [1.807, 2.05) is 6.92 Å². The van der Waals surface area contributed by atoms with Crippen LogP contribution >= 0.6 is 0 Å². The van der Waals surface area contributed by atoms with Crippen LogP contribution in [0.3, 0.4) is 0 Å². The molecule has 8 nitrogen and oxygen atoms in total. The maximum atomic E-state index is 11.4. The zero-order valence-electron chi connectivity index (χ0n) is 9.78. The number of aromatic nitrogens is 5. The van der Waals surface area contributed by atoms with Crippen molar-refractivity contribution >= 4 is 11.7 Å². The standard InChI is InChI=1S/C10H12N6O2/c1-2-18-4-10(17)15-8-3-9(13-6-12-8)16-7-11-5-14-16/h3,5-7H,2,4H2,1H3,(H,12,13,15,17). The van der Waals surface area contributed by atoms with Crippen LogP contribution in [0.5, 0.6) is 0 Å². The van der Waals surface area contributed by atoms with Gasteiger partial charge in [-0.1, -0.05) is 0 Å². The van der Waals surface area contributed by atoms with Crippen LogP contribution in [-0.4, -0.2) is 43.9 Å². The van der Waals surface area contributed by atoms with Gasteiger partial charge in [0.15, 0.2) is 5.82 Å². The summed E-state index contributed by atoms with van der Waals surface area (Å²) < 4.78 is 6.46. The van der Waals surface area contributed by atoms with E-state index in [-0.39, 0.29) is 12.5 Å². The average Bonchev–Trinajstić information content (AvgIpc) is 2.90. The fourth-order valence-corrected chi connectivity index (χ4v) is 1.24. The van der Waals surface area contributed by atoms with E-state index in [4.69, 9.17) is 4.74 Å². The molecule has 1 amide bonds. The lowest BCUT2D eigenvalue weighted by molar-refractivity contribution is -0.120. The SMILES string of the molecule is CCOCC(=O)Nc1cc(-n2cncn2)ncn1. The van der Waals surface area contributed by atoms with Crippen LogP contribution in [-0.2, 0) is 9.53 Å². The van der Waals surface area contributed by atoms with Crippen molar-refractivity contribution in [3.63, 3.8) is 0 Å². The minimum Gasteiger partial charge on any atom is -0.372 e. The van der Waals surface area contributed by atoms with Gasteiger partial charge < -0.3 is 10.1 Å². The highest BCUT2D eigenvalue weighted by Crippen LogP contribution is 2.06. The van der Waals surface area contributed by atoms with Crippen LogP contribution in [0.15, 0.2) is 25.0 Å². The Balaban J connectivity index is 2.06. The maximum absolute atomic E-state index is 11.4. The maximum Gasteiger partial charge on any atom is 0.251 e. The van der Waals surface area contributed by atoms with E-state index in [9.17, 15) is 4.79 Å². The summed E-state index contributed by atoms with van der Waals surface area (Å²) >= 11 is 0. The first-order chi connectivity index (χ1) is 8.79. The number of amides is 1. The second-order valence-corrected chi connectivity index (χ2v) is 3.29. The summed E-state index contributed by atoms with van der Waals surface area (Å²) in [5, 5.41) is 6.54. The van der Waals surface area contributed by atoms with Gasteiger partial charge in [-0.05, 0) is 6.92 Å². The predicted molar refractivity (Wildman–Crippen MR) is 62.1 cm³/mol. The van der Waals surface area contributed by atoms with E-state index in [1.54, 1.807) is 6.07 Å². The lowest BCUT2D eigenvalue weighted by atomic mass is 10.5. The van der Waals surface area contributed by atoms with Crippen LogP contribution in [0, 0.1) is 0 Å². The van der Waals surface area contributed by atoms with Gasteiger partial charge in [-0.2, -0.15) is 5.10 Å². The molecule has 0 aliphatic heterocycles. The molecule has 1 N–H and O–H groups in total. The highest BCUT2D eigenvalue weighted by Gasteiger charge is 2.05. The van der Waals surface area contributed by atoms with Crippen molar-refractivity contribution < 1.29 is 9.53 Å². The molecule has 0 atom stereocenters. The van der Waals surface area contributed by atoms with Crippen LogP contribution in [0.4, 0.5) is 5.82 Å². The summed E-state index contributed by atoms with van der Waals surface area (Å²) in [6, 6.07) is 1.60. The largest absolute Gasteiger partial charge is 0.372 e. The van der Waals surface area contributed by atoms with E-state index in [1.165, 1.54) is 23.7 Å². The van der Waals surface area contributed by atoms with Gasteiger partial charge >= 0.3 is 0 Å². The first-order valence-electron chi connectivity index (χ1n) is 5.34. The molecule has 0 aliphatic carbocycles. The van der Waals surface area contributed by atoms with Crippen LogP contribution in [0.25, 0.3) is 5.82 Å². The molecule has 0 unspecified atom stereocenters. The second-order valence-electron chi connectivity index (χ2n) is 3.29. The Morgan fingerprint density at radius 2 is 2.33 bits per heavy atom. The van der Waals surface area contributed by atoms with Gasteiger partial charge in [-0.25, -0.2) is 19.6 Å². The number of nitrogens with zero attached hydrogens (tertiary/aromatic N) is 5. The minimum atomic E-state index is -0.264. The van der Waals surface area contributed by atoms with Gasteiger partial charge in [0.25, 0.3) is 5.91 Å². The number of nitrogens with one attached hydrogen (secondary N) is 1. The number of carbonyl (C=O) groups is 1. The van der Waals surface area contributed by atoms with E-state index in [2.05, 4.69) is 25.4 Å². The molecule has 18 heavy (non-hydrogen) atoms. The van der Waals surface area contributed by atoms with Gasteiger partial charge in [-0.15, -0.1) is 0 Å². The molecule has 0 fully saturated rings. The Morgan fingerprint density at radius 1 is 1.44 bits per heavy atom. The number of rotatable bonds is 5. The molecule has 0 spiro atoms. The third-order valence-electron chi connectivity index (χ3n) is 2.01. The third-order valence-corrected chi connectivity index (χ3v) is 2.01. The minimum absolute atomic E-state index is 0.000832. The highest BCUT2D eigenvalue weighted by atomic mass is 16.5. The lowest BCUT2D eigenvalue weighted by Crippen LogP contribution is -2.19. The highest BCUT2D eigenvalue weighted by molar-refractivity contribution is 5.90. The normalized spacial score (nSPS) is 10.3. The third kappa shape index (κ3) is 3.08. The van der Waals surface area contributed by atoms with E-state index >= 15 is 0 Å². The molecular formula is C10H12N6O2. The number of hydrogen-bond donors (Lipinski definition) is 1. The Bertz CT molecular complexity index is 513. The average molecular weight is 248 g/mol. The fourth-order valence-electron chi connectivity index (χ4n) is 1.24. The van der Waals surface area contributed by atoms with E-state index in [0.717, 1.165) is 0 Å². The van der Waals surface area contributed by atoms with E-state index < -0.39 is 0 Å². The van der Waals surface area contributed by atoms with Gasteiger partial charge in [0.1, 0.15) is 31.4 Å². The fraction of sp³-hybridized carbons (Fsp3) is 0.300. The number of ether oxygens (including phenoxy) is 1. The first-order valence-corrected chi connectivity index (χ1v) is 5.34. The smallest absolute Gasteiger partial charge is 0.251 e. The summed E-state index contributed by atoms with van der Waals surface area (Å²) in [7, 11) is 0. The van der Waals surface area contributed by atoms with Crippen molar-refractivity contribution in [2.45, 2.75) is 6.92 Å². The summed E-state index contributed by atoms with van der Waals surface area (Å²) in [5.74, 6) is 0.648. The number of carbonyl (C=O) groups excluding carboxylic acids is 1. The Kier molecular flexibility index (Phi) is 3.92. The van der Waals surface area contributed by atoms with Gasteiger partial charge in [0, 0.05) is 12.7 Å². The van der Waals surface area contributed by atoms with Crippen LogP contribution < -0.4 is 5.32 Å². The Morgan fingerprint density at radius 3 is 3.06 bits per heavy atom. The van der Waals surface area contributed by atoms with Crippen molar-refractivity contribution in [3.8, 4) is 5.82 Å². The van der Waals surface area contributed by atoms with Crippen LogP contribution in [0.2, 0.25) is 0 Å². The van der Waals surface area contributed by atoms with Crippen molar-refractivity contribution in [1.82, 2.24) is 24.7 Å². The molecule has 0 bridgehead atoms. The molecule has 0 saturated heterocycles. The van der Waals surface area contributed by atoms with Gasteiger partial charge in [0.05, 0.1) is 0 Å². The molecule has 2 aromatic heterocycles. The quantitative estimate of drug-likeness (QED) is 0.802. The van der Waals surface area contributed by atoms with Gasteiger partial charge in [-0.3, -0.25) is 4.79 Å². The molecule has 0 radical (unpaired) electrons. The second kappa shape index (κ2) is 5.82. The molecule has 2 aromatic rings. The molecule has 0 aliphatic rings. The van der Waals surface area contributed by atoms with Crippen molar-refractivity contribution in [3.05, 3.63) is 25.0 Å². The summed E-state index contributed by atoms with van der Waals surface area (Å²) in [4.78, 5) is 23.2. The molecule has 2 rings (SSSR count). The lowest BCUT2D eigenvalue weighted by Gasteiger charge is -2.05. The van der Waals surface area contributed by atoms with Crippen LogP contribution in [0.1, 0.15) is 6.92 Å². The molecule has 0 saturated carbocycles. The summed E-state index contributed by atoms with van der Waals surface area (Å²) in [6.45, 7) is 2.31. The molecule has 94 valence electrons. The van der Waals surface area contributed by atoms with Crippen molar-refractivity contribution in [1.29, 1.82) is 0 Å². The summed E-state index contributed by atoms with van der Waals surface area (Å²) in [6.07, 6.45) is 4.25. The predicted octanol–water partition coefficient (Wildman–Crippen LogP) is 0.0323. The molecule has 2 heterocycles. The zero-order chi connectivity index (χ0) is 12.8. The van der Waals surface area contributed by atoms with Gasteiger partial charge in [0.2, 0.25) is 0 Å². The number of hydrogen-bond acceptors (Lipinski definition) is 6. The first kappa shape index (κ1) is 12.1.